The molecule has 2 aromatic rings. The predicted molar refractivity (Wildman–Crippen MR) is 98.1 cm³/mol. The van der Waals surface area contributed by atoms with Crippen LogP contribution in [0.5, 0.6) is 5.75 Å². The average Bonchev–Trinajstić information content (AvgIpc) is 3.05. The van der Waals surface area contributed by atoms with E-state index < -0.39 is 17.9 Å². The molecule has 5 rings (SSSR count). The lowest BCUT2D eigenvalue weighted by Crippen LogP contribution is -2.69. The van der Waals surface area contributed by atoms with Crippen molar-refractivity contribution in [3.8, 4) is 5.75 Å². The molecule has 2 bridgehead atoms. The van der Waals surface area contributed by atoms with Gasteiger partial charge < -0.3 is 10.1 Å². The summed E-state index contributed by atoms with van der Waals surface area (Å²) in [5, 5.41) is 3.41. The number of nitrogens with zero attached hydrogens (tertiary/aromatic N) is 1. The van der Waals surface area contributed by atoms with Crippen molar-refractivity contribution in [2.45, 2.75) is 44.6 Å². The molecule has 28 heavy (non-hydrogen) atoms. The van der Waals surface area contributed by atoms with Crippen molar-refractivity contribution in [1.29, 1.82) is 0 Å². The van der Waals surface area contributed by atoms with Crippen LogP contribution in [0, 0.1) is 11.7 Å². The highest BCUT2D eigenvalue weighted by Gasteiger charge is 2.48. The lowest BCUT2D eigenvalue weighted by Gasteiger charge is -2.56. The van der Waals surface area contributed by atoms with E-state index in [0.29, 0.717) is 11.3 Å². The Bertz CT molecular complexity index is 917. The molecule has 4 nitrogen and oxygen atoms in total. The maximum atomic E-state index is 13.9. The lowest BCUT2D eigenvalue weighted by molar-refractivity contribution is -0.275. The Balaban J connectivity index is 1.63. The molecule has 1 N–H and O–H groups in total. The van der Waals surface area contributed by atoms with Gasteiger partial charge in [-0.05, 0) is 63.2 Å². The molecule has 0 unspecified atom stereocenters. The number of piperidine rings is 3. The number of rotatable bonds is 3. The normalized spacial score (nSPS) is 26.4. The van der Waals surface area contributed by atoms with E-state index in [1.165, 1.54) is 12.1 Å². The number of halogens is 4. The van der Waals surface area contributed by atoms with Crippen LogP contribution in [-0.2, 0) is 0 Å². The topological polar surface area (TPSA) is 41.6 Å². The van der Waals surface area contributed by atoms with E-state index >= 15 is 0 Å². The van der Waals surface area contributed by atoms with Crippen molar-refractivity contribution in [3.05, 3.63) is 28.9 Å². The minimum atomic E-state index is -5.01. The Morgan fingerprint density at radius 2 is 1.96 bits per heavy atom. The van der Waals surface area contributed by atoms with Crippen LogP contribution >= 0.6 is 11.3 Å². The fraction of sp³-hybridized carbons (Fsp3) is 0.526. The summed E-state index contributed by atoms with van der Waals surface area (Å²) >= 11 is 0.805. The number of alkyl halides is 3. The first-order valence-electron chi connectivity index (χ1n) is 9.10. The third-order valence-electron chi connectivity index (χ3n) is 5.91. The molecule has 3 aliphatic heterocycles. The van der Waals surface area contributed by atoms with E-state index in [-0.39, 0.29) is 27.1 Å². The monoisotopic (exact) mass is 416 g/mol. The van der Waals surface area contributed by atoms with Crippen LogP contribution in [0.2, 0.25) is 0 Å². The summed E-state index contributed by atoms with van der Waals surface area (Å²) in [6, 6.07) is 3.69. The Hall–Kier alpha value is -1.87. The van der Waals surface area contributed by atoms with Crippen LogP contribution < -0.4 is 10.1 Å². The standard InChI is InChI=1S/C19H20F4N2O2S/c1-18(2)16(10-5-7-25(18)8-6-10)24-17(26)13-9-11-3-4-12(20)14(15(11)28-13)27-19(21,22)23/h3-4,9-10,16H,5-8H2,1-2H3,(H,24,26)/t16-/m0/s1. The van der Waals surface area contributed by atoms with E-state index in [1.807, 2.05) is 0 Å². The fourth-order valence-corrected chi connectivity index (χ4v) is 5.50. The molecule has 9 heteroatoms. The smallest absolute Gasteiger partial charge is 0.401 e. The number of hydrogen-bond acceptors (Lipinski definition) is 4. The van der Waals surface area contributed by atoms with E-state index in [0.717, 1.165) is 43.3 Å². The quantitative estimate of drug-likeness (QED) is 0.747. The molecule has 3 fully saturated rings. The van der Waals surface area contributed by atoms with Crippen LogP contribution in [0.1, 0.15) is 36.4 Å². The van der Waals surface area contributed by atoms with Crippen molar-refractivity contribution >= 4 is 27.3 Å². The summed E-state index contributed by atoms with van der Waals surface area (Å²) in [7, 11) is 0. The highest BCUT2D eigenvalue weighted by molar-refractivity contribution is 7.21. The van der Waals surface area contributed by atoms with Crippen molar-refractivity contribution in [2.75, 3.05) is 13.1 Å². The molecule has 1 aromatic carbocycles. The van der Waals surface area contributed by atoms with E-state index in [2.05, 4.69) is 28.8 Å². The molecule has 3 aliphatic rings. The maximum Gasteiger partial charge on any atom is 0.573 e. The Morgan fingerprint density at radius 3 is 2.57 bits per heavy atom. The summed E-state index contributed by atoms with van der Waals surface area (Å²) in [5.41, 5.74) is -0.190. The molecule has 1 aromatic heterocycles. The summed E-state index contributed by atoms with van der Waals surface area (Å²) < 4.78 is 55.6. The minimum Gasteiger partial charge on any atom is -0.401 e. The highest BCUT2D eigenvalue weighted by Crippen LogP contribution is 2.41. The number of hydrogen-bond donors (Lipinski definition) is 1. The van der Waals surface area contributed by atoms with Gasteiger partial charge in [0.25, 0.3) is 5.91 Å². The largest absolute Gasteiger partial charge is 0.573 e. The number of carbonyl (C=O) groups excluding carboxylic acids is 1. The zero-order chi connectivity index (χ0) is 20.3. The maximum absolute atomic E-state index is 13.9. The molecular formula is C19H20F4N2O2S. The van der Waals surface area contributed by atoms with Gasteiger partial charge in [0, 0.05) is 11.6 Å². The number of ether oxygens (including phenoxy) is 1. The highest BCUT2D eigenvalue weighted by atomic mass is 32.1. The van der Waals surface area contributed by atoms with Crippen LogP contribution in [-0.4, -0.2) is 41.8 Å². The number of carbonyl (C=O) groups is 1. The van der Waals surface area contributed by atoms with Crippen molar-refractivity contribution in [3.63, 3.8) is 0 Å². The lowest BCUT2D eigenvalue weighted by atomic mass is 9.72. The molecule has 0 spiro atoms. The minimum absolute atomic E-state index is 0.0318. The molecule has 1 atom stereocenters. The number of fused-ring (bicyclic) bond motifs is 4. The van der Waals surface area contributed by atoms with Crippen molar-refractivity contribution in [2.24, 2.45) is 5.92 Å². The Kier molecular flexibility index (Phi) is 4.58. The van der Waals surface area contributed by atoms with Crippen LogP contribution in [0.4, 0.5) is 17.6 Å². The van der Waals surface area contributed by atoms with Gasteiger partial charge in [-0.1, -0.05) is 6.07 Å². The van der Waals surface area contributed by atoms with Gasteiger partial charge in [0.15, 0.2) is 11.6 Å². The second-order valence-corrected chi connectivity index (χ2v) is 8.93. The van der Waals surface area contributed by atoms with Crippen LogP contribution in [0.15, 0.2) is 18.2 Å². The molecule has 0 aliphatic carbocycles. The van der Waals surface area contributed by atoms with E-state index in [1.54, 1.807) is 0 Å². The van der Waals surface area contributed by atoms with Crippen LogP contribution in [0.25, 0.3) is 10.1 Å². The Labute approximate surface area is 163 Å². The number of thiophene rings is 1. The van der Waals surface area contributed by atoms with Gasteiger partial charge in [0.05, 0.1) is 9.58 Å². The van der Waals surface area contributed by atoms with Gasteiger partial charge in [-0.15, -0.1) is 24.5 Å². The molecular weight excluding hydrogens is 396 g/mol. The molecule has 4 heterocycles. The molecule has 0 saturated carbocycles. The predicted octanol–water partition coefficient (Wildman–Crippen LogP) is 4.54. The van der Waals surface area contributed by atoms with Crippen molar-refractivity contribution < 1.29 is 27.1 Å². The second kappa shape index (κ2) is 6.59. The van der Waals surface area contributed by atoms with Gasteiger partial charge in [-0.3, -0.25) is 9.69 Å². The van der Waals surface area contributed by atoms with E-state index in [4.69, 9.17) is 0 Å². The second-order valence-electron chi connectivity index (χ2n) is 7.88. The van der Waals surface area contributed by atoms with E-state index in [9.17, 15) is 22.4 Å². The SMILES string of the molecule is CC1(C)[C@@H](NC(=O)c2cc3ccc(F)c(OC(F)(F)F)c3s2)C2CCN1CC2. The Morgan fingerprint density at radius 1 is 1.29 bits per heavy atom. The van der Waals surface area contributed by atoms with Crippen LogP contribution in [0.3, 0.4) is 0 Å². The van der Waals surface area contributed by atoms with Gasteiger partial charge in [0.2, 0.25) is 0 Å². The van der Waals surface area contributed by atoms with Gasteiger partial charge in [-0.25, -0.2) is 4.39 Å². The number of amides is 1. The zero-order valence-electron chi connectivity index (χ0n) is 15.4. The summed E-state index contributed by atoms with van der Waals surface area (Å²) in [6.45, 7) is 6.20. The molecule has 0 radical (unpaired) electrons. The van der Waals surface area contributed by atoms with Crippen molar-refractivity contribution in [1.82, 2.24) is 10.2 Å². The summed E-state index contributed by atoms with van der Waals surface area (Å²) in [6.07, 6.45) is -2.99. The number of nitrogens with one attached hydrogen (secondary N) is 1. The fourth-order valence-electron chi connectivity index (χ4n) is 4.47. The first kappa shape index (κ1) is 19.4. The summed E-state index contributed by atoms with van der Waals surface area (Å²) in [4.78, 5) is 15.4. The zero-order valence-corrected chi connectivity index (χ0v) is 16.2. The van der Waals surface area contributed by atoms with Gasteiger partial charge in [0.1, 0.15) is 0 Å². The molecule has 152 valence electrons. The molecule has 1 amide bonds. The third-order valence-corrected chi connectivity index (χ3v) is 7.06. The average molecular weight is 416 g/mol. The third kappa shape index (κ3) is 3.34. The first-order valence-corrected chi connectivity index (χ1v) is 9.91. The first-order chi connectivity index (χ1) is 13.1. The van der Waals surface area contributed by atoms with Gasteiger partial charge in [-0.2, -0.15) is 0 Å². The van der Waals surface area contributed by atoms with Gasteiger partial charge >= 0.3 is 6.36 Å². The number of benzene rings is 1. The summed E-state index contributed by atoms with van der Waals surface area (Å²) in [5.74, 6) is -1.99. The molecule has 3 saturated heterocycles.